The van der Waals surface area contributed by atoms with Crippen molar-refractivity contribution < 1.29 is 59.5 Å². The van der Waals surface area contributed by atoms with Gasteiger partial charge >= 0.3 is 5.97 Å². The van der Waals surface area contributed by atoms with E-state index >= 15 is 0 Å². The summed E-state index contributed by atoms with van der Waals surface area (Å²) in [4.78, 5) is 13.0. The van der Waals surface area contributed by atoms with Crippen molar-refractivity contribution in [3.05, 3.63) is 11.6 Å². The minimum atomic E-state index is -1.59. The largest absolute Gasteiger partial charge is 0.481 e. The van der Waals surface area contributed by atoms with E-state index in [1.54, 1.807) is 0 Å². The van der Waals surface area contributed by atoms with Crippen LogP contribution >= 0.6 is 0 Å². The Morgan fingerprint density at radius 3 is 2.12 bits per heavy atom. The van der Waals surface area contributed by atoms with Crippen molar-refractivity contribution in [3.8, 4) is 0 Å². The van der Waals surface area contributed by atoms with Gasteiger partial charge in [0.25, 0.3) is 0 Å². The molecule has 2 saturated heterocycles. The smallest absolute Gasteiger partial charge is 0.310 e. The van der Waals surface area contributed by atoms with E-state index in [9.17, 15) is 40.5 Å². The molecule has 0 spiro atoms. The second-order valence-electron chi connectivity index (χ2n) is 19.6. The van der Waals surface area contributed by atoms with Crippen LogP contribution in [-0.4, -0.2) is 117 Å². The number of aliphatic hydroxyl groups is 6. The predicted octanol–water partition coefficient (Wildman–Crippen LogP) is 3.13. The average molecular weight is 737 g/mol. The maximum absolute atomic E-state index is 13.0. The number of carboxylic acids is 1. The normalized spacial score (nSPS) is 54.5. The third-order valence-corrected chi connectivity index (χ3v) is 16.6. The summed E-state index contributed by atoms with van der Waals surface area (Å²) < 4.78 is 23.5. The van der Waals surface area contributed by atoms with Crippen molar-refractivity contribution in [1.82, 2.24) is 0 Å². The van der Waals surface area contributed by atoms with Crippen LogP contribution < -0.4 is 0 Å². The molecule has 7 aliphatic rings. The Hall–Kier alpha value is -1.19. The highest BCUT2D eigenvalue weighted by Crippen LogP contribution is 2.76. The Kier molecular flexibility index (Phi) is 9.92. The van der Waals surface area contributed by atoms with Crippen LogP contribution in [0.15, 0.2) is 11.6 Å². The maximum Gasteiger partial charge on any atom is 0.310 e. The molecule has 52 heavy (non-hydrogen) atoms. The fraction of sp³-hybridized carbons (Fsp3) is 0.925. The zero-order chi connectivity index (χ0) is 37.8. The lowest BCUT2D eigenvalue weighted by molar-refractivity contribution is -0.348. The molecule has 7 N–H and O–H groups in total. The molecule has 5 aliphatic carbocycles. The molecule has 0 aromatic rings. The fourth-order valence-corrected chi connectivity index (χ4v) is 13.1. The highest BCUT2D eigenvalue weighted by molar-refractivity contribution is 5.76. The summed E-state index contributed by atoms with van der Waals surface area (Å²) in [7, 11) is 0. The van der Waals surface area contributed by atoms with Gasteiger partial charge in [-0.1, -0.05) is 53.2 Å². The molecule has 4 saturated carbocycles. The van der Waals surface area contributed by atoms with Gasteiger partial charge in [0, 0.05) is 5.41 Å². The molecule has 0 unspecified atom stereocenters. The predicted molar refractivity (Wildman–Crippen MR) is 187 cm³/mol. The Labute approximate surface area is 307 Å². The van der Waals surface area contributed by atoms with Crippen molar-refractivity contribution >= 4 is 5.97 Å². The Balaban J connectivity index is 1.12. The summed E-state index contributed by atoms with van der Waals surface area (Å²) in [6.07, 6.45) is -0.635. The standard InChI is InChI=1S/C40H64O12/c1-35(2)13-15-40(34(47)48)16-14-38(5)21(22(40)17-35)7-8-26-36(3)11-10-27(37(4,20-41)25(36)9-12-39(26,38)6)51-33-30(46)31(24(43)19-50-33)52-32-29(45)28(44)23(42)18-49-32/h7,22-33,41-46H,8-20H2,1-6H3,(H,47,48)/t22-,23+,24+,25-,26-,27-,28-,29+,30+,31-,32-,33-,36+,37-,38-,39-,40-/m1/s1. The van der Waals surface area contributed by atoms with Gasteiger partial charge in [-0.25, -0.2) is 0 Å². The number of aliphatic hydroxyl groups excluding tert-OH is 6. The van der Waals surface area contributed by atoms with Crippen LogP contribution in [0, 0.1) is 50.2 Å². The molecule has 0 bridgehead atoms. The lowest BCUT2D eigenvalue weighted by Crippen LogP contribution is -2.67. The van der Waals surface area contributed by atoms with Gasteiger partial charge in [-0.15, -0.1) is 0 Å². The zero-order valence-corrected chi connectivity index (χ0v) is 31.9. The van der Waals surface area contributed by atoms with Gasteiger partial charge in [0.2, 0.25) is 0 Å². The monoisotopic (exact) mass is 736 g/mol. The quantitative estimate of drug-likeness (QED) is 0.156. The molecule has 296 valence electrons. The van der Waals surface area contributed by atoms with Crippen LogP contribution in [0.2, 0.25) is 0 Å². The first-order valence-electron chi connectivity index (χ1n) is 19.8. The molecule has 0 aromatic heterocycles. The molecule has 2 aliphatic heterocycles. The molecule has 12 heteroatoms. The van der Waals surface area contributed by atoms with Gasteiger partial charge in [0.05, 0.1) is 31.3 Å². The van der Waals surface area contributed by atoms with E-state index in [0.29, 0.717) is 18.8 Å². The molecule has 6 fully saturated rings. The topological polar surface area (TPSA) is 196 Å². The molecule has 2 heterocycles. The third kappa shape index (κ3) is 5.63. The van der Waals surface area contributed by atoms with Gasteiger partial charge in [0.15, 0.2) is 12.6 Å². The summed E-state index contributed by atoms with van der Waals surface area (Å²) in [5.74, 6) is -0.157. The van der Waals surface area contributed by atoms with Crippen molar-refractivity contribution in [2.75, 3.05) is 19.8 Å². The lowest BCUT2D eigenvalue weighted by atomic mass is 9.33. The Bertz CT molecular complexity index is 1400. The van der Waals surface area contributed by atoms with Gasteiger partial charge in [-0.3, -0.25) is 4.79 Å². The van der Waals surface area contributed by atoms with Crippen LogP contribution in [-0.2, 0) is 23.7 Å². The molecule has 7 rings (SSSR count). The molecule has 12 nitrogen and oxygen atoms in total. The molecule has 0 radical (unpaired) electrons. The number of hydrogen-bond acceptors (Lipinski definition) is 11. The van der Waals surface area contributed by atoms with E-state index in [1.807, 2.05) is 0 Å². The number of hydrogen-bond donors (Lipinski definition) is 7. The average Bonchev–Trinajstić information content (AvgIpc) is 3.08. The van der Waals surface area contributed by atoms with Crippen LogP contribution in [0.1, 0.15) is 106 Å². The fourth-order valence-electron chi connectivity index (χ4n) is 13.1. The van der Waals surface area contributed by atoms with Crippen molar-refractivity contribution in [2.24, 2.45) is 50.2 Å². The Morgan fingerprint density at radius 2 is 1.44 bits per heavy atom. The number of ether oxygens (including phenoxy) is 4. The summed E-state index contributed by atoms with van der Waals surface area (Å²) in [6.45, 7) is 13.3. The first kappa shape index (κ1) is 39.1. The molecular formula is C40H64O12. The lowest BCUT2D eigenvalue weighted by Gasteiger charge is -2.71. The first-order chi connectivity index (χ1) is 24.3. The van der Waals surface area contributed by atoms with Crippen LogP contribution in [0.4, 0.5) is 0 Å². The van der Waals surface area contributed by atoms with Crippen LogP contribution in [0.25, 0.3) is 0 Å². The summed E-state index contributed by atoms with van der Waals surface area (Å²) in [5.41, 5.74) is -0.166. The second-order valence-corrected chi connectivity index (χ2v) is 19.6. The number of aliphatic carboxylic acids is 1. The number of allylic oxidation sites excluding steroid dienone is 2. The SMILES string of the molecule is CC1(C)CC[C@@]2(C(=O)O)CC[C@]3(C)C(=CC[C@@H]4[C@@]5(C)CC[C@@H](O[C@H]6OC[C@H](O)[C@@H](O[C@H]7OC[C@H](O)[C@@H](O)[C@@H]7O)[C@@H]6O)[C@](C)(CO)[C@@H]5CC[C@]43C)[C@H]2C1. The van der Waals surface area contributed by atoms with Crippen LogP contribution in [0.3, 0.4) is 0 Å². The van der Waals surface area contributed by atoms with Crippen molar-refractivity contribution in [3.63, 3.8) is 0 Å². The summed E-state index contributed by atoms with van der Waals surface area (Å²) in [5, 5.41) is 74.4. The van der Waals surface area contributed by atoms with Crippen LogP contribution in [0.5, 0.6) is 0 Å². The minimum absolute atomic E-state index is 0.0421. The Morgan fingerprint density at radius 1 is 0.788 bits per heavy atom. The number of carboxylic acid groups (broad SMARTS) is 1. The van der Waals surface area contributed by atoms with E-state index in [4.69, 9.17) is 18.9 Å². The third-order valence-electron chi connectivity index (χ3n) is 16.6. The number of fused-ring (bicyclic) bond motifs is 7. The molecule has 0 aromatic carbocycles. The van der Waals surface area contributed by atoms with E-state index in [2.05, 4.69) is 47.6 Å². The summed E-state index contributed by atoms with van der Waals surface area (Å²) in [6, 6.07) is 0. The molecule has 17 atom stereocenters. The number of carbonyl (C=O) groups is 1. The summed E-state index contributed by atoms with van der Waals surface area (Å²) >= 11 is 0. The highest BCUT2D eigenvalue weighted by Gasteiger charge is 2.70. The number of rotatable bonds is 6. The van der Waals surface area contributed by atoms with E-state index in [-0.39, 0.29) is 53.3 Å². The molecule has 0 amide bonds. The van der Waals surface area contributed by atoms with E-state index < -0.39 is 72.1 Å². The van der Waals surface area contributed by atoms with Crippen molar-refractivity contribution in [1.29, 1.82) is 0 Å². The van der Waals surface area contributed by atoms with Crippen molar-refractivity contribution in [2.45, 2.75) is 161 Å². The maximum atomic E-state index is 13.0. The second kappa shape index (κ2) is 13.2. The molecular weight excluding hydrogens is 672 g/mol. The highest BCUT2D eigenvalue weighted by atomic mass is 16.7. The van der Waals surface area contributed by atoms with Gasteiger partial charge in [0.1, 0.15) is 36.6 Å². The van der Waals surface area contributed by atoms with Gasteiger partial charge in [-0.05, 0) is 104 Å². The van der Waals surface area contributed by atoms with Gasteiger partial charge < -0.3 is 54.7 Å². The first-order valence-corrected chi connectivity index (χ1v) is 19.8. The van der Waals surface area contributed by atoms with Gasteiger partial charge in [-0.2, -0.15) is 0 Å². The van der Waals surface area contributed by atoms with E-state index in [0.717, 1.165) is 51.4 Å². The zero-order valence-electron chi connectivity index (χ0n) is 31.9. The minimum Gasteiger partial charge on any atom is -0.481 e. The van der Waals surface area contributed by atoms with E-state index in [1.165, 1.54) is 5.57 Å².